The second-order valence-electron chi connectivity index (χ2n) is 5.43. The van der Waals surface area contributed by atoms with Gasteiger partial charge in [-0.3, -0.25) is 9.59 Å². The Morgan fingerprint density at radius 1 is 1.35 bits per heavy atom. The first kappa shape index (κ1) is 16.2. The second-order valence-corrected chi connectivity index (χ2v) is 5.43. The van der Waals surface area contributed by atoms with Crippen LogP contribution in [-0.2, 0) is 4.79 Å². The quantitative estimate of drug-likeness (QED) is 0.661. The molecule has 6 heteroatoms. The Bertz CT molecular complexity index is 426. The summed E-state index contributed by atoms with van der Waals surface area (Å²) in [6.07, 6.45) is 3.63. The monoisotopic (exact) mass is 282 g/mol. The van der Waals surface area contributed by atoms with Crippen LogP contribution >= 0.6 is 0 Å². The molecule has 1 aromatic rings. The van der Waals surface area contributed by atoms with Crippen LogP contribution in [0, 0.1) is 5.41 Å². The minimum atomic E-state index is -0.257. The second kappa shape index (κ2) is 7.69. The third kappa shape index (κ3) is 5.88. The van der Waals surface area contributed by atoms with Crippen molar-refractivity contribution in [3.8, 4) is 0 Å². The van der Waals surface area contributed by atoms with E-state index in [1.807, 2.05) is 13.8 Å². The fourth-order valence-corrected chi connectivity index (χ4v) is 1.60. The molecule has 0 aliphatic carbocycles. The van der Waals surface area contributed by atoms with E-state index >= 15 is 0 Å². The lowest BCUT2D eigenvalue weighted by Crippen LogP contribution is -2.36. The molecule has 0 radical (unpaired) electrons. The minimum Gasteiger partial charge on any atom is -0.472 e. The van der Waals surface area contributed by atoms with Crippen LogP contribution < -0.4 is 10.6 Å². The lowest BCUT2D eigenvalue weighted by atomic mass is 9.90. The summed E-state index contributed by atoms with van der Waals surface area (Å²) in [5, 5.41) is 14.3. The molecule has 0 saturated carbocycles. The van der Waals surface area contributed by atoms with Crippen LogP contribution in [0.3, 0.4) is 0 Å². The largest absolute Gasteiger partial charge is 0.472 e. The Balaban J connectivity index is 2.19. The van der Waals surface area contributed by atoms with Gasteiger partial charge in [-0.15, -0.1) is 0 Å². The van der Waals surface area contributed by atoms with Crippen molar-refractivity contribution in [3.05, 3.63) is 24.2 Å². The summed E-state index contributed by atoms with van der Waals surface area (Å²) in [5.74, 6) is -0.379. The van der Waals surface area contributed by atoms with E-state index in [2.05, 4.69) is 10.6 Å². The van der Waals surface area contributed by atoms with Crippen molar-refractivity contribution in [1.82, 2.24) is 10.6 Å². The van der Waals surface area contributed by atoms with Crippen LogP contribution in [0.2, 0.25) is 0 Å². The van der Waals surface area contributed by atoms with E-state index in [0.29, 0.717) is 18.5 Å². The van der Waals surface area contributed by atoms with Crippen molar-refractivity contribution < 1.29 is 19.1 Å². The molecule has 0 aromatic carbocycles. The number of carbonyl (C=O) groups is 2. The van der Waals surface area contributed by atoms with Gasteiger partial charge >= 0.3 is 0 Å². The van der Waals surface area contributed by atoms with E-state index in [1.54, 1.807) is 6.07 Å². The van der Waals surface area contributed by atoms with Gasteiger partial charge in [0.1, 0.15) is 6.26 Å². The van der Waals surface area contributed by atoms with Crippen LogP contribution in [0.4, 0.5) is 0 Å². The molecule has 0 aliphatic heterocycles. The molecule has 0 saturated heterocycles. The van der Waals surface area contributed by atoms with Crippen molar-refractivity contribution in [1.29, 1.82) is 0 Å². The van der Waals surface area contributed by atoms with Crippen LogP contribution in [0.15, 0.2) is 23.0 Å². The summed E-state index contributed by atoms with van der Waals surface area (Å²) < 4.78 is 4.80. The van der Waals surface area contributed by atoms with Crippen molar-refractivity contribution >= 4 is 11.8 Å². The summed E-state index contributed by atoms with van der Waals surface area (Å²) in [5.41, 5.74) is 0.305. The number of hydrogen-bond acceptors (Lipinski definition) is 4. The number of aliphatic hydroxyl groups excluding tert-OH is 1. The molecule has 0 unspecified atom stereocenters. The van der Waals surface area contributed by atoms with E-state index in [1.165, 1.54) is 12.5 Å². The van der Waals surface area contributed by atoms with Crippen LogP contribution in [0.1, 0.15) is 37.0 Å². The molecule has 112 valence electrons. The fraction of sp³-hybridized carbons (Fsp3) is 0.571. The number of nitrogens with one attached hydrogen (secondary N) is 2. The van der Waals surface area contributed by atoms with E-state index < -0.39 is 0 Å². The normalized spacial score (nSPS) is 11.2. The highest BCUT2D eigenvalue weighted by Gasteiger charge is 2.18. The van der Waals surface area contributed by atoms with E-state index in [9.17, 15) is 9.59 Å². The Hall–Kier alpha value is -1.82. The third-order valence-corrected chi connectivity index (χ3v) is 2.97. The van der Waals surface area contributed by atoms with Gasteiger partial charge in [-0.2, -0.15) is 0 Å². The van der Waals surface area contributed by atoms with Gasteiger partial charge in [0.25, 0.3) is 5.91 Å². The van der Waals surface area contributed by atoms with Crippen molar-refractivity contribution in [2.75, 3.05) is 19.7 Å². The first-order chi connectivity index (χ1) is 9.44. The zero-order valence-corrected chi connectivity index (χ0v) is 11.9. The third-order valence-electron chi connectivity index (χ3n) is 2.97. The van der Waals surface area contributed by atoms with E-state index in [0.717, 1.165) is 0 Å². The maximum Gasteiger partial charge on any atom is 0.254 e. The van der Waals surface area contributed by atoms with E-state index in [4.69, 9.17) is 9.52 Å². The zero-order valence-electron chi connectivity index (χ0n) is 11.9. The number of furan rings is 1. The molecule has 20 heavy (non-hydrogen) atoms. The SMILES string of the molecule is CC(C)(CCO)CNC(=O)CCNC(=O)c1ccoc1. The lowest BCUT2D eigenvalue weighted by Gasteiger charge is -2.23. The van der Waals surface area contributed by atoms with Gasteiger partial charge in [-0.25, -0.2) is 0 Å². The van der Waals surface area contributed by atoms with Crippen LogP contribution in [0.25, 0.3) is 0 Å². The van der Waals surface area contributed by atoms with Crippen molar-refractivity contribution in [3.63, 3.8) is 0 Å². The predicted octanol–water partition coefficient (Wildman–Crippen LogP) is 0.924. The highest BCUT2D eigenvalue weighted by atomic mass is 16.3. The summed E-state index contributed by atoms with van der Waals surface area (Å²) in [6, 6.07) is 1.56. The maximum absolute atomic E-state index is 11.6. The average Bonchev–Trinajstić information content (AvgIpc) is 2.90. The van der Waals surface area contributed by atoms with Crippen LogP contribution in [-0.4, -0.2) is 36.6 Å². The highest BCUT2D eigenvalue weighted by Crippen LogP contribution is 2.17. The van der Waals surface area contributed by atoms with Gasteiger partial charge in [0.05, 0.1) is 11.8 Å². The molecule has 2 amide bonds. The smallest absolute Gasteiger partial charge is 0.254 e. The highest BCUT2D eigenvalue weighted by molar-refractivity contribution is 5.93. The molecule has 0 spiro atoms. The molecule has 1 rings (SSSR count). The minimum absolute atomic E-state index is 0.101. The molecular formula is C14H22N2O4. The number of aliphatic hydroxyl groups is 1. The summed E-state index contributed by atoms with van der Waals surface area (Å²) in [7, 11) is 0. The number of rotatable bonds is 8. The molecule has 0 fully saturated rings. The topological polar surface area (TPSA) is 91.6 Å². The van der Waals surface area contributed by atoms with Gasteiger partial charge in [-0.05, 0) is 17.9 Å². The van der Waals surface area contributed by atoms with Gasteiger partial charge < -0.3 is 20.2 Å². The summed E-state index contributed by atoms with van der Waals surface area (Å²) >= 11 is 0. The molecule has 6 nitrogen and oxygen atoms in total. The first-order valence-electron chi connectivity index (χ1n) is 6.62. The number of carbonyl (C=O) groups excluding carboxylic acids is 2. The average molecular weight is 282 g/mol. The summed E-state index contributed by atoms with van der Waals surface area (Å²) in [6.45, 7) is 4.83. The lowest BCUT2D eigenvalue weighted by molar-refractivity contribution is -0.121. The molecule has 0 aliphatic rings. The maximum atomic E-state index is 11.6. The standard InChI is InChI=1S/C14H22N2O4/c1-14(2,5-7-17)10-16-12(18)3-6-15-13(19)11-4-8-20-9-11/h4,8-9,17H,3,5-7,10H2,1-2H3,(H,15,19)(H,16,18). The Morgan fingerprint density at radius 2 is 2.10 bits per heavy atom. The molecular weight excluding hydrogens is 260 g/mol. The first-order valence-corrected chi connectivity index (χ1v) is 6.62. The zero-order chi connectivity index (χ0) is 15.0. The Labute approximate surface area is 118 Å². The summed E-state index contributed by atoms with van der Waals surface area (Å²) in [4.78, 5) is 23.2. The number of hydrogen-bond donors (Lipinski definition) is 3. The fourth-order valence-electron chi connectivity index (χ4n) is 1.60. The molecule has 1 heterocycles. The molecule has 3 N–H and O–H groups in total. The Morgan fingerprint density at radius 3 is 2.70 bits per heavy atom. The van der Waals surface area contributed by atoms with Gasteiger partial charge in [0.2, 0.25) is 5.91 Å². The van der Waals surface area contributed by atoms with E-state index in [-0.39, 0.29) is 36.8 Å². The molecule has 0 bridgehead atoms. The molecule has 1 aromatic heterocycles. The van der Waals surface area contributed by atoms with Gasteiger partial charge in [0, 0.05) is 26.1 Å². The van der Waals surface area contributed by atoms with Crippen molar-refractivity contribution in [2.45, 2.75) is 26.7 Å². The van der Waals surface area contributed by atoms with Gasteiger partial charge in [0.15, 0.2) is 0 Å². The van der Waals surface area contributed by atoms with Crippen LogP contribution in [0.5, 0.6) is 0 Å². The van der Waals surface area contributed by atoms with Gasteiger partial charge in [-0.1, -0.05) is 13.8 Å². The number of amides is 2. The predicted molar refractivity (Wildman–Crippen MR) is 74.2 cm³/mol. The van der Waals surface area contributed by atoms with Crippen molar-refractivity contribution in [2.24, 2.45) is 5.41 Å². The Kier molecular flexibility index (Phi) is 6.24. The molecule has 0 atom stereocenters.